The van der Waals surface area contributed by atoms with E-state index in [1.807, 2.05) is 48.5 Å². The standard InChI is InChI=1S/C15H13Cl2OP/c16-13-5-1-11(2-6-13)15(9-10-19-18)12-3-7-14(17)8-4-12/h1-8,15H,9-10H2/p+1. The summed E-state index contributed by atoms with van der Waals surface area (Å²) in [5.41, 5.74) is 2.37. The van der Waals surface area contributed by atoms with Crippen molar-refractivity contribution in [3.8, 4) is 0 Å². The Morgan fingerprint density at radius 3 is 1.63 bits per heavy atom. The third kappa shape index (κ3) is 4.04. The topological polar surface area (TPSA) is 17.1 Å². The van der Waals surface area contributed by atoms with Crippen molar-refractivity contribution in [2.75, 3.05) is 6.16 Å². The lowest BCUT2D eigenvalue weighted by Crippen LogP contribution is -2.02. The molecule has 1 nitrogen and oxygen atoms in total. The van der Waals surface area contributed by atoms with E-state index in [4.69, 9.17) is 23.2 Å². The molecule has 98 valence electrons. The Kier molecular flexibility index (Phi) is 5.39. The summed E-state index contributed by atoms with van der Waals surface area (Å²) in [5, 5.41) is 1.45. The zero-order valence-corrected chi connectivity index (χ0v) is 12.8. The highest BCUT2D eigenvalue weighted by molar-refractivity contribution is 7.23. The maximum atomic E-state index is 10.8. The fourth-order valence-electron chi connectivity index (χ4n) is 2.12. The molecule has 1 atom stereocenters. The van der Waals surface area contributed by atoms with Gasteiger partial charge in [0, 0.05) is 22.4 Å². The van der Waals surface area contributed by atoms with E-state index in [1.165, 1.54) is 11.1 Å². The fourth-order valence-corrected chi connectivity index (χ4v) is 2.78. The minimum atomic E-state index is -0.266. The molecule has 0 aromatic heterocycles. The zero-order chi connectivity index (χ0) is 13.7. The van der Waals surface area contributed by atoms with Crippen LogP contribution >= 0.6 is 31.7 Å². The first-order chi connectivity index (χ1) is 9.20. The molecule has 2 aromatic carbocycles. The smallest absolute Gasteiger partial charge is 0.0843 e. The second-order valence-electron chi connectivity index (χ2n) is 4.34. The lowest BCUT2D eigenvalue weighted by atomic mass is 9.89. The molecule has 0 heterocycles. The Morgan fingerprint density at radius 1 is 0.842 bits per heavy atom. The molecule has 1 unspecified atom stereocenters. The molecule has 4 heteroatoms. The van der Waals surface area contributed by atoms with Gasteiger partial charge in [0.05, 0.1) is 0 Å². The number of benzene rings is 2. The normalized spacial score (nSPS) is 11.1. The van der Waals surface area contributed by atoms with Gasteiger partial charge in [0.25, 0.3) is 0 Å². The monoisotopic (exact) mass is 311 g/mol. The van der Waals surface area contributed by atoms with E-state index in [9.17, 15) is 4.57 Å². The summed E-state index contributed by atoms with van der Waals surface area (Å²) in [5.74, 6) is 0.232. The van der Waals surface area contributed by atoms with Crippen molar-refractivity contribution in [3.05, 3.63) is 69.7 Å². The van der Waals surface area contributed by atoms with Crippen LogP contribution in [0.25, 0.3) is 0 Å². The molecule has 0 saturated carbocycles. The van der Waals surface area contributed by atoms with Crippen LogP contribution in [-0.4, -0.2) is 6.16 Å². The highest BCUT2D eigenvalue weighted by Gasteiger charge is 2.15. The van der Waals surface area contributed by atoms with Crippen molar-refractivity contribution >= 4 is 31.7 Å². The molecule has 0 N–H and O–H groups in total. The van der Waals surface area contributed by atoms with Crippen LogP contribution in [0.4, 0.5) is 0 Å². The number of halogens is 2. The first-order valence-electron chi connectivity index (χ1n) is 6.06. The molecule has 0 bridgehead atoms. The van der Waals surface area contributed by atoms with E-state index in [0.717, 1.165) is 16.5 Å². The van der Waals surface area contributed by atoms with Crippen LogP contribution in [0, 0.1) is 0 Å². The molecule has 0 spiro atoms. The molecular formula is C15H14Cl2OP+. The minimum absolute atomic E-state index is 0.232. The molecular weight excluding hydrogens is 298 g/mol. The highest BCUT2D eigenvalue weighted by Crippen LogP contribution is 2.30. The van der Waals surface area contributed by atoms with Crippen LogP contribution in [0.2, 0.25) is 10.0 Å². The molecule has 0 fully saturated rings. The number of hydrogen-bond acceptors (Lipinski definition) is 1. The van der Waals surface area contributed by atoms with Crippen molar-refractivity contribution < 1.29 is 4.57 Å². The van der Waals surface area contributed by atoms with Crippen molar-refractivity contribution in [3.63, 3.8) is 0 Å². The van der Waals surface area contributed by atoms with E-state index in [2.05, 4.69) is 0 Å². The average Bonchev–Trinajstić information content (AvgIpc) is 2.43. The van der Waals surface area contributed by atoms with Gasteiger partial charge in [0.15, 0.2) is 0 Å². The van der Waals surface area contributed by atoms with Gasteiger partial charge in [-0.05, 0) is 35.4 Å². The second-order valence-corrected chi connectivity index (χ2v) is 6.00. The van der Waals surface area contributed by atoms with Gasteiger partial charge in [0.2, 0.25) is 0 Å². The van der Waals surface area contributed by atoms with Gasteiger partial charge in [-0.1, -0.05) is 52.0 Å². The lowest BCUT2D eigenvalue weighted by Gasteiger charge is -2.16. The predicted octanol–water partition coefficient (Wildman–Crippen LogP) is 5.54. The highest BCUT2D eigenvalue weighted by atomic mass is 35.5. The Balaban J connectivity index is 2.31. The predicted molar refractivity (Wildman–Crippen MR) is 83.2 cm³/mol. The summed E-state index contributed by atoms with van der Waals surface area (Å²) in [7, 11) is -0.266. The van der Waals surface area contributed by atoms with Crippen LogP contribution in [0.1, 0.15) is 23.5 Å². The van der Waals surface area contributed by atoms with Crippen molar-refractivity contribution in [2.24, 2.45) is 0 Å². The summed E-state index contributed by atoms with van der Waals surface area (Å²) < 4.78 is 10.8. The molecule has 0 aliphatic carbocycles. The third-order valence-electron chi connectivity index (χ3n) is 3.08. The van der Waals surface area contributed by atoms with Gasteiger partial charge in [-0.15, -0.1) is 0 Å². The van der Waals surface area contributed by atoms with Crippen LogP contribution in [0.5, 0.6) is 0 Å². The van der Waals surface area contributed by atoms with E-state index >= 15 is 0 Å². The SMILES string of the molecule is O=[PH+]CCC(c1ccc(Cl)cc1)c1ccc(Cl)cc1. The first-order valence-corrected chi connectivity index (χ1v) is 7.94. The molecule has 0 aliphatic heterocycles. The summed E-state index contributed by atoms with van der Waals surface area (Å²) in [6.45, 7) is 0. The van der Waals surface area contributed by atoms with E-state index in [1.54, 1.807) is 0 Å². The van der Waals surface area contributed by atoms with Gasteiger partial charge in [-0.25, -0.2) is 0 Å². The van der Waals surface area contributed by atoms with Crippen molar-refractivity contribution in [2.45, 2.75) is 12.3 Å². The third-order valence-corrected chi connectivity index (χ3v) is 4.08. The maximum absolute atomic E-state index is 10.8. The summed E-state index contributed by atoms with van der Waals surface area (Å²) in [6.07, 6.45) is 1.54. The van der Waals surface area contributed by atoms with Crippen LogP contribution in [0.3, 0.4) is 0 Å². The molecule has 0 amide bonds. The largest absolute Gasteiger partial charge is 0.324 e. The van der Waals surface area contributed by atoms with Gasteiger partial charge in [0.1, 0.15) is 6.16 Å². The van der Waals surface area contributed by atoms with Crippen LogP contribution in [0.15, 0.2) is 48.5 Å². The van der Waals surface area contributed by atoms with Crippen molar-refractivity contribution in [1.82, 2.24) is 0 Å². The van der Waals surface area contributed by atoms with Crippen LogP contribution in [-0.2, 0) is 4.57 Å². The maximum Gasteiger partial charge on any atom is 0.324 e. The molecule has 0 radical (unpaired) electrons. The van der Waals surface area contributed by atoms with Gasteiger partial charge in [-0.2, -0.15) is 0 Å². The van der Waals surface area contributed by atoms with Gasteiger partial charge < -0.3 is 0 Å². The lowest BCUT2D eigenvalue weighted by molar-refractivity contribution is 0.595. The summed E-state index contributed by atoms with van der Waals surface area (Å²) in [4.78, 5) is 0. The molecule has 2 rings (SSSR count). The average molecular weight is 312 g/mol. The molecule has 2 aromatic rings. The fraction of sp³-hybridized carbons (Fsp3) is 0.200. The van der Waals surface area contributed by atoms with E-state index in [0.29, 0.717) is 6.16 Å². The molecule has 0 aliphatic rings. The Bertz CT molecular complexity index is 492. The minimum Gasteiger partial charge on any atom is -0.0843 e. The van der Waals surface area contributed by atoms with Crippen LogP contribution < -0.4 is 0 Å². The second kappa shape index (κ2) is 7.05. The van der Waals surface area contributed by atoms with Gasteiger partial charge >= 0.3 is 8.46 Å². The Morgan fingerprint density at radius 2 is 1.26 bits per heavy atom. The Hall–Kier alpha value is -0.880. The van der Waals surface area contributed by atoms with Gasteiger partial charge in [-0.3, -0.25) is 0 Å². The molecule has 0 saturated heterocycles. The number of hydrogen-bond donors (Lipinski definition) is 0. The zero-order valence-electron chi connectivity index (χ0n) is 10.3. The van der Waals surface area contributed by atoms with E-state index < -0.39 is 0 Å². The number of rotatable bonds is 5. The first kappa shape index (κ1) is 14.5. The molecule has 19 heavy (non-hydrogen) atoms. The quantitative estimate of drug-likeness (QED) is 0.663. The summed E-state index contributed by atoms with van der Waals surface area (Å²) in [6, 6.07) is 15.6. The Labute approximate surface area is 124 Å². The van der Waals surface area contributed by atoms with Crippen molar-refractivity contribution in [1.29, 1.82) is 0 Å². The summed E-state index contributed by atoms with van der Waals surface area (Å²) >= 11 is 11.8. The van der Waals surface area contributed by atoms with E-state index in [-0.39, 0.29) is 14.4 Å².